The van der Waals surface area contributed by atoms with E-state index in [0.29, 0.717) is 36.1 Å². The Morgan fingerprint density at radius 1 is 1.28 bits per heavy atom. The van der Waals surface area contributed by atoms with Crippen LogP contribution in [0.15, 0.2) is 43.0 Å². The number of aryl methyl sites for hydroxylation is 1. The van der Waals surface area contributed by atoms with E-state index < -0.39 is 23.8 Å². The van der Waals surface area contributed by atoms with E-state index in [1.807, 2.05) is 6.92 Å². The Morgan fingerprint density at radius 3 is 2.63 bits per heavy atom. The third kappa shape index (κ3) is 7.41. The van der Waals surface area contributed by atoms with Gasteiger partial charge in [0.2, 0.25) is 5.91 Å². The molecule has 1 unspecified atom stereocenters. The van der Waals surface area contributed by atoms with Gasteiger partial charge in [-0.1, -0.05) is 6.92 Å². The number of aromatic nitrogens is 5. The van der Waals surface area contributed by atoms with Crippen molar-refractivity contribution in [3.05, 3.63) is 59.8 Å². The molecule has 1 saturated carbocycles. The van der Waals surface area contributed by atoms with Crippen molar-refractivity contribution in [2.45, 2.75) is 64.0 Å². The molecular formula is C29H31F3N10O4. The average Bonchev–Trinajstić information content (AvgIpc) is 3.62. The quantitative estimate of drug-likeness (QED) is 0.169. The summed E-state index contributed by atoms with van der Waals surface area (Å²) in [4.78, 5) is 42.5. The fourth-order valence-electron chi connectivity index (χ4n) is 4.95. The minimum absolute atomic E-state index is 0.0237. The number of rotatable bonds is 9. The molecule has 4 aromatic rings. The molecule has 1 aromatic carbocycles. The fourth-order valence-corrected chi connectivity index (χ4v) is 4.95. The molecule has 1 aliphatic carbocycles. The topological polar surface area (TPSA) is 205 Å². The number of nitriles is 1. The van der Waals surface area contributed by atoms with Crippen molar-refractivity contribution in [1.82, 2.24) is 34.8 Å². The van der Waals surface area contributed by atoms with Crippen molar-refractivity contribution in [1.29, 1.82) is 5.26 Å². The van der Waals surface area contributed by atoms with Crippen LogP contribution in [-0.4, -0.2) is 65.7 Å². The highest BCUT2D eigenvalue weighted by Crippen LogP contribution is 2.37. The Labute approximate surface area is 260 Å². The molecule has 1 atom stereocenters. The van der Waals surface area contributed by atoms with Gasteiger partial charge in [-0.15, -0.1) is 0 Å². The lowest BCUT2D eigenvalue weighted by Gasteiger charge is -2.33. The van der Waals surface area contributed by atoms with Crippen LogP contribution in [-0.2, 0) is 28.7 Å². The van der Waals surface area contributed by atoms with Gasteiger partial charge in [-0.3, -0.25) is 23.5 Å². The Kier molecular flexibility index (Phi) is 10.2. The second-order valence-electron chi connectivity index (χ2n) is 10.4. The predicted octanol–water partition coefficient (Wildman–Crippen LogP) is 2.87. The van der Waals surface area contributed by atoms with Gasteiger partial charge in [-0.2, -0.15) is 23.5 Å². The van der Waals surface area contributed by atoms with Gasteiger partial charge in [0.15, 0.2) is 17.2 Å². The summed E-state index contributed by atoms with van der Waals surface area (Å²) in [5.74, 6) is -0.404. The predicted molar refractivity (Wildman–Crippen MR) is 159 cm³/mol. The highest BCUT2D eigenvalue weighted by Gasteiger charge is 2.38. The van der Waals surface area contributed by atoms with Crippen LogP contribution in [0.25, 0.3) is 16.9 Å². The van der Waals surface area contributed by atoms with E-state index in [0.717, 1.165) is 10.9 Å². The Hall–Kier alpha value is -5.50. The normalized spacial score (nSPS) is 16.3. The van der Waals surface area contributed by atoms with Gasteiger partial charge in [0, 0.05) is 41.9 Å². The molecule has 0 aliphatic heterocycles. The lowest BCUT2D eigenvalue weighted by Crippen LogP contribution is -2.54. The molecule has 17 heteroatoms. The monoisotopic (exact) mass is 640 g/mol. The number of imidazole rings is 1. The molecule has 14 nitrogen and oxygen atoms in total. The zero-order chi connectivity index (χ0) is 33.6. The van der Waals surface area contributed by atoms with Crippen LogP contribution in [0.5, 0.6) is 0 Å². The largest absolute Gasteiger partial charge is 0.483 e. The van der Waals surface area contributed by atoms with Crippen LogP contribution in [0, 0.1) is 11.3 Å². The van der Waals surface area contributed by atoms with Gasteiger partial charge in [-0.05, 0) is 49.9 Å². The number of fused-ring (bicyclic) bond motifs is 1. The van der Waals surface area contributed by atoms with Crippen LogP contribution in [0.2, 0.25) is 0 Å². The van der Waals surface area contributed by atoms with Gasteiger partial charge in [0.25, 0.3) is 12.4 Å². The van der Waals surface area contributed by atoms with E-state index in [4.69, 9.17) is 20.9 Å². The molecule has 0 bridgehead atoms. The summed E-state index contributed by atoms with van der Waals surface area (Å²) >= 11 is 0. The van der Waals surface area contributed by atoms with Crippen molar-refractivity contribution in [3.63, 3.8) is 0 Å². The van der Waals surface area contributed by atoms with Crippen LogP contribution in [0.4, 0.5) is 24.7 Å². The van der Waals surface area contributed by atoms with Crippen molar-refractivity contribution in [3.8, 4) is 17.3 Å². The summed E-state index contributed by atoms with van der Waals surface area (Å²) in [7, 11) is 0. The summed E-state index contributed by atoms with van der Waals surface area (Å²) in [6.07, 6.45) is 2.53. The minimum Gasteiger partial charge on any atom is -0.483 e. The molecule has 3 aromatic heterocycles. The molecule has 242 valence electrons. The maximum atomic E-state index is 13.7. The number of benzene rings is 1. The second kappa shape index (κ2) is 14.1. The number of hydrogen-bond donors (Lipinski definition) is 5. The summed E-state index contributed by atoms with van der Waals surface area (Å²) in [5.41, 5.74) is 6.47. The van der Waals surface area contributed by atoms with E-state index in [9.17, 15) is 22.8 Å². The Morgan fingerprint density at radius 2 is 2.00 bits per heavy atom. The molecule has 46 heavy (non-hydrogen) atoms. The molecule has 1 fully saturated rings. The fraction of sp³-hybridized carbons (Fsp3) is 0.345. The molecule has 6 N–H and O–H groups in total. The van der Waals surface area contributed by atoms with Crippen molar-refractivity contribution < 1.29 is 32.7 Å². The molecular weight excluding hydrogens is 609 g/mol. The number of halogens is 3. The van der Waals surface area contributed by atoms with Crippen LogP contribution >= 0.6 is 0 Å². The van der Waals surface area contributed by atoms with Crippen molar-refractivity contribution in [2.24, 2.45) is 5.73 Å². The lowest BCUT2D eigenvalue weighted by atomic mass is 9.87. The minimum atomic E-state index is -4.74. The third-order valence-electron chi connectivity index (χ3n) is 7.22. The first-order valence-electron chi connectivity index (χ1n) is 14.1. The maximum absolute atomic E-state index is 13.7. The molecule has 2 amide bonds. The lowest BCUT2D eigenvalue weighted by molar-refractivity contribution is -0.141. The first kappa shape index (κ1) is 33.4. The second-order valence-corrected chi connectivity index (χ2v) is 10.4. The molecule has 3 heterocycles. The number of carbonyl (C=O) groups is 3. The van der Waals surface area contributed by atoms with Gasteiger partial charge in [-0.25, -0.2) is 9.97 Å². The van der Waals surface area contributed by atoms with Crippen LogP contribution in [0.3, 0.4) is 0 Å². The highest BCUT2D eigenvalue weighted by molar-refractivity contribution is 5.99. The number of nitrogens with zero attached hydrogens (tertiary/aromatic N) is 6. The van der Waals surface area contributed by atoms with Crippen molar-refractivity contribution in [2.75, 3.05) is 5.32 Å². The average molecular weight is 641 g/mol. The van der Waals surface area contributed by atoms with Gasteiger partial charge < -0.3 is 26.8 Å². The summed E-state index contributed by atoms with van der Waals surface area (Å²) in [5, 5.41) is 28.1. The standard InChI is InChI=1S/C28H29F3N10O2.CH2O2/c1-3-16-10-18(4-5-20(16)27(43)36-15(2)26(42)38-19-11-17(33)12-19)37-24-25-35-13-22(41(25)9-7-34-24)21-14-40(8-6-32)39-23(21)28(29,30)31;2-1-3/h4-5,7,9-10,13-15,17,19H,3,8,11-12,33H2,1-2H3,(H,34,37)(H,36,43)(H,38,42);1H,(H,2,3). The van der Waals surface area contributed by atoms with E-state index in [-0.39, 0.29) is 53.7 Å². The number of anilines is 2. The SMILES string of the molecule is CCc1cc(Nc2nccn3c(-c4cn(CC#N)nc4C(F)(F)F)cnc23)ccc1C(=O)NC(C)C(=O)NC1CC(N)C1.O=CO. The first-order valence-corrected chi connectivity index (χ1v) is 14.1. The Balaban J connectivity index is 0.00000154. The summed E-state index contributed by atoms with van der Waals surface area (Å²) in [6.45, 7) is 2.91. The van der Waals surface area contributed by atoms with Gasteiger partial charge >= 0.3 is 6.18 Å². The number of alkyl halides is 3. The van der Waals surface area contributed by atoms with Gasteiger partial charge in [0.1, 0.15) is 12.6 Å². The Bertz CT molecular complexity index is 1770. The number of amides is 2. The number of nitrogens with two attached hydrogens (primary N) is 1. The van der Waals surface area contributed by atoms with E-state index in [2.05, 4.69) is 31.0 Å². The zero-order valence-corrected chi connectivity index (χ0v) is 24.7. The van der Waals surface area contributed by atoms with E-state index in [1.54, 1.807) is 31.2 Å². The van der Waals surface area contributed by atoms with Crippen LogP contribution < -0.4 is 21.7 Å². The zero-order valence-electron chi connectivity index (χ0n) is 24.7. The number of carbonyl (C=O) groups excluding carboxylic acids is 2. The first-order chi connectivity index (χ1) is 21.9. The molecule has 0 radical (unpaired) electrons. The van der Waals surface area contributed by atoms with Crippen LogP contribution in [0.1, 0.15) is 48.3 Å². The molecule has 0 saturated heterocycles. The van der Waals surface area contributed by atoms with Gasteiger partial charge in [0.05, 0.1) is 23.5 Å². The maximum Gasteiger partial charge on any atom is 0.435 e. The summed E-state index contributed by atoms with van der Waals surface area (Å²) < 4.78 is 43.6. The van der Waals surface area contributed by atoms with E-state index >= 15 is 0 Å². The molecule has 1 aliphatic rings. The molecule has 0 spiro atoms. The smallest absolute Gasteiger partial charge is 0.435 e. The number of nitrogens with one attached hydrogen (secondary N) is 3. The molecule has 5 rings (SSSR count). The highest BCUT2D eigenvalue weighted by atomic mass is 19.4. The number of hydrogen-bond acceptors (Lipinski definition) is 9. The third-order valence-corrected chi connectivity index (χ3v) is 7.22. The summed E-state index contributed by atoms with van der Waals surface area (Å²) in [6, 6.07) is 6.21. The number of carboxylic acid groups (broad SMARTS) is 1. The van der Waals surface area contributed by atoms with E-state index in [1.165, 1.54) is 23.0 Å². The van der Waals surface area contributed by atoms with Crippen molar-refractivity contribution >= 4 is 35.4 Å².